The number of unbranched alkanes of at least 4 members (excludes halogenated alkanes) is 39. The van der Waals surface area contributed by atoms with E-state index in [0.717, 1.165) is 70.6 Å². The van der Waals surface area contributed by atoms with Gasteiger partial charge < -0.3 is 20.1 Å². The Labute approximate surface area is 476 Å². The molecule has 2 atom stereocenters. The first kappa shape index (κ1) is 74.7. The molecule has 9 nitrogen and oxygen atoms in total. The zero-order valence-corrected chi connectivity index (χ0v) is 51.3. The smallest absolute Gasteiger partial charge is 0.462 e. The van der Waals surface area contributed by atoms with Gasteiger partial charge in [-0.2, -0.15) is 0 Å². The quantitative estimate of drug-likeness (QED) is 0.0264. The molecule has 0 heterocycles. The Bertz CT molecular complexity index is 1440. The van der Waals surface area contributed by atoms with Crippen LogP contribution >= 0.6 is 7.82 Å². The van der Waals surface area contributed by atoms with Crippen LogP contribution in [0, 0.1) is 0 Å². The fraction of sp³-hybridized carbons (Fsp3) is 0.821. The minimum atomic E-state index is -4.39. The Kier molecular flexibility index (Phi) is 61.0. The Morgan fingerprint density at radius 2 is 0.714 bits per heavy atom. The predicted octanol–water partition coefficient (Wildman–Crippen LogP) is 21.1. The lowest BCUT2D eigenvalue weighted by molar-refractivity contribution is -0.161. The molecule has 0 aliphatic carbocycles. The number of carbonyl (C=O) groups excluding carboxylic acids is 2. The van der Waals surface area contributed by atoms with Gasteiger partial charge in [0.2, 0.25) is 0 Å². The number of nitrogens with two attached hydrogens (primary N) is 1. The van der Waals surface area contributed by atoms with Crippen molar-refractivity contribution in [2.75, 3.05) is 26.4 Å². The van der Waals surface area contributed by atoms with Crippen molar-refractivity contribution in [1.29, 1.82) is 0 Å². The molecule has 0 amide bonds. The second-order valence-corrected chi connectivity index (χ2v) is 23.4. The van der Waals surface area contributed by atoms with Gasteiger partial charge >= 0.3 is 19.8 Å². The third-order valence-electron chi connectivity index (χ3n) is 14.4. The first-order chi connectivity index (χ1) is 37.8. The number of carbonyl (C=O) groups is 2. The first-order valence-electron chi connectivity index (χ1n) is 32.8. The van der Waals surface area contributed by atoms with Crippen LogP contribution in [0.3, 0.4) is 0 Å². The van der Waals surface area contributed by atoms with Gasteiger partial charge in [0, 0.05) is 19.4 Å². The molecule has 10 heteroatoms. The van der Waals surface area contributed by atoms with E-state index in [1.165, 1.54) is 218 Å². The van der Waals surface area contributed by atoms with E-state index < -0.39 is 26.5 Å². The van der Waals surface area contributed by atoms with Gasteiger partial charge in [-0.15, -0.1) is 0 Å². The van der Waals surface area contributed by atoms with Gasteiger partial charge in [-0.3, -0.25) is 18.6 Å². The van der Waals surface area contributed by atoms with Gasteiger partial charge in [-0.25, -0.2) is 4.57 Å². The van der Waals surface area contributed by atoms with Gasteiger partial charge in [-0.1, -0.05) is 293 Å². The molecule has 3 N–H and O–H groups in total. The topological polar surface area (TPSA) is 134 Å². The van der Waals surface area contributed by atoms with Gasteiger partial charge in [0.25, 0.3) is 0 Å². The van der Waals surface area contributed by atoms with E-state index in [-0.39, 0.29) is 38.6 Å². The molecule has 0 aliphatic rings. The van der Waals surface area contributed by atoms with Crippen LogP contribution in [0.25, 0.3) is 0 Å². The van der Waals surface area contributed by atoms with E-state index in [2.05, 4.69) is 74.6 Å². The highest BCUT2D eigenvalue weighted by Gasteiger charge is 2.26. The summed E-state index contributed by atoms with van der Waals surface area (Å²) in [6.07, 6.45) is 80.3. The lowest BCUT2D eigenvalue weighted by Crippen LogP contribution is -2.29. The zero-order chi connectivity index (χ0) is 55.9. The molecule has 0 spiro atoms. The van der Waals surface area contributed by atoms with Gasteiger partial charge in [-0.05, 0) is 77.0 Å². The molecule has 0 saturated carbocycles. The molecule has 0 fully saturated rings. The van der Waals surface area contributed by atoms with Crippen molar-refractivity contribution in [3.05, 3.63) is 60.8 Å². The van der Waals surface area contributed by atoms with Crippen LogP contribution in [0.2, 0.25) is 0 Å². The molecule has 0 radical (unpaired) electrons. The minimum absolute atomic E-state index is 0.0541. The number of phosphoric ester groups is 1. The lowest BCUT2D eigenvalue weighted by atomic mass is 10.0. The van der Waals surface area contributed by atoms with Crippen LogP contribution < -0.4 is 5.73 Å². The van der Waals surface area contributed by atoms with E-state index in [0.29, 0.717) is 6.42 Å². The normalized spacial score (nSPS) is 13.4. The molecule has 2 unspecified atom stereocenters. The molecule has 0 aromatic carbocycles. The van der Waals surface area contributed by atoms with Crippen molar-refractivity contribution in [2.45, 2.75) is 328 Å². The second kappa shape index (κ2) is 62.9. The van der Waals surface area contributed by atoms with Gasteiger partial charge in [0.1, 0.15) is 6.61 Å². The summed E-state index contributed by atoms with van der Waals surface area (Å²) in [5.74, 6) is -0.818. The van der Waals surface area contributed by atoms with Crippen molar-refractivity contribution in [3.8, 4) is 0 Å². The Morgan fingerprint density at radius 1 is 0.403 bits per heavy atom. The second-order valence-electron chi connectivity index (χ2n) is 22.0. The number of hydrogen-bond acceptors (Lipinski definition) is 8. The van der Waals surface area contributed by atoms with Gasteiger partial charge in [0.05, 0.1) is 13.2 Å². The maximum Gasteiger partial charge on any atom is 0.472 e. The van der Waals surface area contributed by atoms with Crippen molar-refractivity contribution >= 4 is 19.8 Å². The third kappa shape index (κ3) is 62.8. The molecule has 450 valence electrons. The van der Waals surface area contributed by atoms with E-state index in [9.17, 15) is 19.0 Å². The minimum Gasteiger partial charge on any atom is -0.462 e. The molecule has 0 bridgehead atoms. The number of hydrogen-bond donors (Lipinski definition) is 2. The number of phosphoric acid groups is 1. The predicted molar refractivity (Wildman–Crippen MR) is 330 cm³/mol. The Balaban J connectivity index is 3.77. The van der Waals surface area contributed by atoms with Crippen LogP contribution in [-0.4, -0.2) is 49.3 Å². The summed E-state index contributed by atoms with van der Waals surface area (Å²) >= 11 is 0. The van der Waals surface area contributed by atoms with Crippen LogP contribution in [0.5, 0.6) is 0 Å². The summed E-state index contributed by atoms with van der Waals surface area (Å²) in [7, 11) is -4.39. The van der Waals surface area contributed by atoms with Crippen LogP contribution in [0.15, 0.2) is 60.8 Å². The largest absolute Gasteiger partial charge is 0.472 e. The van der Waals surface area contributed by atoms with Crippen LogP contribution in [0.1, 0.15) is 322 Å². The Morgan fingerprint density at radius 3 is 1.08 bits per heavy atom. The van der Waals surface area contributed by atoms with E-state index >= 15 is 0 Å². The fourth-order valence-electron chi connectivity index (χ4n) is 9.57. The number of esters is 2. The summed E-state index contributed by atoms with van der Waals surface area (Å²) in [6, 6.07) is 0. The molecular weight excluding hydrogens is 978 g/mol. The fourth-order valence-corrected chi connectivity index (χ4v) is 10.3. The average molecular weight is 1100 g/mol. The summed E-state index contributed by atoms with van der Waals surface area (Å²) in [4.78, 5) is 35.2. The van der Waals surface area contributed by atoms with Gasteiger partial charge in [0.15, 0.2) is 6.10 Å². The summed E-state index contributed by atoms with van der Waals surface area (Å²) in [5, 5.41) is 0. The molecule has 77 heavy (non-hydrogen) atoms. The number of ether oxygens (including phenoxy) is 2. The van der Waals surface area contributed by atoms with E-state index in [1.54, 1.807) is 0 Å². The zero-order valence-electron chi connectivity index (χ0n) is 50.4. The highest BCUT2D eigenvalue weighted by atomic mass is 31.2. The van der Waals surface area contributed by atoms with E-state index in [1.807, 2.05) is 0 Å². The molecule has 0 rings (SSSR count). The maximum absolute atomic E-state index is 12.7. The first-order valence-corrected chi connectivity index (χ1v) is 34.3. The molecular formula is C67H124NO8P. The standard InChI is InChI=1S/C67H124NO8P/c1-3-5-7-9-11-13-15-17-19-21-22-23-24-25-26-27-28-29-30-31-32-33-34-35-36-37-38-39-40-41-42-44-46-48-50-52-54-56-58-60-67(70)76-65(64-75-77(71,72)74-62-61-68)63-73-66(69)59-57-55-53-51-49-47-45-43-20-18-16-14-12-10-8-6-4-2/h5,7,11,13,17-20,22-23,65H,3-4,6,8-10,12,14-16,21,24-64,68H2,1-2H3,(H,71,72)/b7-5-,13-11-,19-17-,20-18-,23-22-. The molecule has 0 aliphatic heterocycles. The molecule has 0 aromatic heterocycles. The molecule has 0 saturated heterocycles. The van der Waals surface area contributed by atoms with Crippen molar-refractivity contribution in [1.82, 2.24) is 0 Å². The van der Waals surface area contributed by atoms with Crippen LogP contribution in [-0.2, 0) is 32.7 Å². The average Bonchev–Trinajstić information content (AvgIpc) is 3.42. The maximum atomic E-state index is 12.7. The Hall–Kier alpha value is -2.29. The molecule has 0 aromatic rings. The monoisotopic (exact) mass is 1100 g/mol. The summed E-state index contributed by atoms with van der Waals surface area (Å²) in [6.45, 7) is 3.67. The third-order valence-corrected chi connectivity index (χ3v) is 15.4. The van der Waals surface area contributed by atoms with E-state index in [4.69, 9.17) is 24.3 Å². The summed E-state index contributed by atoms with van der Waals surface area (Å²) < 4.78 is 33.1. The number of rotatable bonds is 62. The van der Waals surface area contributed by atoms with Crippen molar-refractivity contribution < 1.29 is 37.6 Å². The SMILES string of the molecule is CC/C=C\C/C=C\C/C=C\C/C=C\CCCCCCCCCCCCCCCCCCCCCCCCCCCCC(=O)OC(COC(=O)CCCCCCCCC/C=C\CCCCCCCC)COP(=O)(O)OCCN. The lowest BCUT2D eigenvalue weighted by Gasteiger charge is -2.19. The highest BCUT2D eigenvalue weighted by molar-refractivity contribution is 7.47. The number of allylic oxidation sites excluding steroid dienone is 10. The van der Waals surface area contributed by atoms with Crippen LogP contribution in [0.4, 0.5) is 0 Å². The van der Waals surface area contributed by atoms with Crippen molar-refractivity contribution in [3.63, 3.8) is 0 Å². The highest BCUT2D eigenvalue weighted by Crippen LogP contribution is 2.43. The summed E-state index contributed by atoms with van der Waals surface area (Å²) in [5.41, 5.74) is 5.39. The van der Waals surface area contributed by atoms with Crippen molar-refractivity contribution in [2.24, 2.45) is 5.73 Å².